The third-order valence-corrected chi connectivity index (χ3v) is 6.47. The molecule has 4 rings (SSSR count). The third kappa shape index (κ3) is 4.21. The lowest BCUT2D eigenvalue weighted by molar-refractivity contribution is 0.481. The minimum atomic E-state index is -0.962. The Balaban J connectivity index is 1.34. The van der Waals surface area contributed by atoms with Gasteiger partial charge in [-0.3, -0.25) is 0 Å². The quantitative estimate of drug-likeness (QED) is 0.567. The van der Waals surface area contributed by atoms with Gasteiger partial charge in [0, 0.05) is 41.7 Å². The highest BCUT2D eigenvalue weighted by molar-refractivity contribution is 7.90. The van der Waals surface area contributed by atoms with Crippen molar-refractivity contribution in [3.8, 4) is 5.75 Å². The summed E-state index contributed by atoms with van der Waals surface area (Å²) in [5.41, 5.74) is 4.45. The van der Waals surface area contributed by atoms with Crippen LogP contribution in [0.2, 0.25) is 0 Å². The van der Waals surface area contributed by atoms with Crippen LogP contribution in [0.5, 0.6) is 5.75 Å². The molecule has 0 saturated heterocycles. The summed E-state index contributed by atoms with van der Waals surface area (Å²) in [5.74, 6) is 1.36. The largest absolute Gasteiger partial charge is 0.616 e. The monoisotopic (exact) mass is 380 g/mol. The van der Waals surface area contributed by atoms with Crippen molar-refractivity contribution in [3.63, 3.8) is 0 Å². The highest BCUT2D eigenvalue weighted by atomic mass is 32.2. The number of phenols is 1. The van der Waals surface area contributed by atoms with Crippen molar-refractivity contribution < 1.29 is 9.66 Å². The van der Waals surface area contributed by atoms with E-state index in [9.17, 15) is 9.66 Å². The smallest absolute Gasteiger partial charge is 0.132 e. The number of benzene rings is 2. The van der Waals surface area contributed by atoms with E-state index in [1.54, 1.807) is 6.07 Å². The topological polar surface area (TPSA) is 71.1 Å². The van der Waals surface area contributed by atoms with Crippen molar-refractivity contribution in [2.24, 2.45) is 0 Å². The second-order valence-corrected chi connectivity index (χ2v) is 8.57. The molecule has 3 N–H and O–H groups in total. The van der Waals surface area contributed by atoms with Gasteiger partial charge in [-0.05, 0) is 40.9 Å². The summed E-state index contributed by atoms with van der Waals surface area (Å²) < 4.78 is 12.6. The molecule has 5 heteroatoms. The Morgan fingerprint density at radius 3 is 2.81 bits per heavy atom. The molecule has 2 heterocycles. The van der Waals surface area contributed by atoms with Crippen LogP contribution in [0.25, 0.3) is 16.5 Å². The maximum absolute atomic E-state index is 12.6. The normalized spacial score (nSPS) is 18.4. The fourth-order valence-electron chi connectivity index (χ4n) is 3.73. The molecule has 0 bridgehead atoms. The molecule has 1 aromatic heterocycles. The van der Waals surface area contributed by atoms with Crippen LogP contribution in [0.15, 0.2) is 60.8 Å². The van der Waals surface area contributed by atoms with E-state index in [1.807, 2.05) is 24.4 Å². The Morgan fingerprint density at radius 2 is 1.96 bits per heavy atom. The van der Waals surface area contributed by atoms with Gasteiger partial charge in [-0.2, -0.15) is 0 Å². The molecule has 0 fully saturated rings. The fraction of sp³-hybridized carbons (Fsp3) is 0.273. The van der Waals surface area contributed by atoms with Crippen LogP contribution in [0.4, 0.5) is 0 Å². The van der Waals surface area contributed by atoms with Crippen molar-refractivity contribution in [3.05, 3.63) is 71.9 Å². The van der Waals surface area contributed by atoms with Gasteiger partial charge in [0.05, 0.1) is 0 Å². The first-order valence-electron chi connectivity index (χ1n) is 9.31. The van der Waals surface area contributed by atoms with Crippen LogP contribution in [-0.2, 0) is 16.9 Å². The molecule has 0 saturated carbocycles. The summed E-state index contributed by atoms with van der Waals surface area (Å²) in [6, 6.07) is 16.2. The van der Waals surface area contributed by atoms with Crippen LogP contribution in [0.3, 0.4) is 0 Å². The van der Waals surface area contributed by atoms with Crippen molar-refractivity contribution in [2.75, 3.05) is 12.3 Å². The van der Waals surface area contributed by atoms with Crippen molar-refractivity contribution in [1.82, 2.24) is 10.3 Å². The number of aromatic hydroxyl groups is 1. The molecular weight excluding hydrogens is 356 g/mol. The molecule has 140 valence electrons. The predicted molar refractivity (Wildman–Crippen MR) is 112 cm³/mol. The second kappa shape index (κ2) is 8.21. The van der Waals surface area contributed by atoms with E-state index >= 15 is 0 Å². The molecule has 27 heavy (non-hydrogen) atoms. The molecular formula is C22H24N2O2S. The summed E-state index contributed by atoms with van der Waals surface area (Å²) in [4.78, 5) is 3.15. The predicted octanol–water partition coefficient (Wildman–Crippen LogP) is 3.96. The Morgan fingerprint density at radius 1 is 1.11 bits per heavy atom. The summed E-state index contributed by atoms with van der Waals surface area (Å²) in [7, 11) is 0. The first kappa shape index (κ1) is 18.2. The number of hydrogen-bond acceptors (Lipinski definition) is 3. The highest BCUT2D eigenvalue weighted by Crippen LogP contribution is 2.29. The van der Waals surface area contributed by atoms with E-state index in [0.29, 0.717) is 17.5 Å². The molecule has 1 aliphatic heterocycles. The van der Waals surface area contributed by atoms with Crippen LogP contribution in [0, 0.1) is 0 Å². The van der Waals surface area contributed by atoms with E-state index in [4.69, 9.17) is 0 Å². The first-order chi connectivity index (χ1) is 13.2. The minimum absolute atomic E-state index is 0.243. The van der Waals surface area contributed by atoms with Gasteiger partial charge in [-0.1, -0.05) is 42.5 Å². The number of H-pyrrole nitrogens is 1. The minimum Gasteiger partial charge on any atom is -0.616 e. The molecule has 0 spiro atoms. The molecule has 2 unspecified atom stereocenters. The third-order valence-electron chi connectivity index (χ3n) is 5.14. The number of aromatic amines is 1. The zero-order chi connectivity index (χ0) is 18.6. The Kier molecular flexibility index (Phi) is 5.53. The van der Waals surface area contributed by atoms with E-state index in [2.05, 4.69) is 40.6 Å². The maximum atomic E-state index is 12.6. The lowest BCUT2D eigenvalue weighted by atomic mass is 9.94. The zero-order valence-electron chi connectivity index (χ0n) is 15.2. The highest BCUT2D eigenvalue weighted by Gasteiger charge is 2.20. The number of rotatable bonds is 6. The number of phenolic OH excluding ortho intramolecular Hbond substituents is 1. The van der Waals surface area contributed by atoms with E-state index in [1.165, 1.54) is 11.1 Å². The number of aromatic nitrogens is 1. The van der Waals surface area contributed by atoms with Crippen LogP contribution in [-0.4, -0.2) is 33.0 Å². The molecule has 0 aliphatic carbocycles. The van der Waals surface area contributed by atoms with Crippen molar-refractivity contribution in [1.29, 1.82) is 0 Å². The standard InChI is InChI=1S/C22H24N2O2S/c25-21-8-4-7-20-22(21)18(14-24-20)15-27(26)12-10-19-13-17(9-11-23-19)16-5-2-1-3-6-16/h1-9,14,19,23-25H,10-13,15H2. The van der Waals surface area contributed by atoms with E-state index < -0.39 is 11.2 Å². The number of fused-ring (bicyclic) bond motifs is 1. The molecule has 2 atom stereocenters. The van der Waals surface area contributed by atoms with Crippen LogP contribution >= 0.6 is 0 Å². The SMILES string of the molecule is [O-][S+](CCC1CC(c2ccccc2)=CCN1)Cc1c[nH]c2cccc(O)c12. The van der Waals surface area contributed by atoms with E-state index in [0.717, 1.165) is 35.9 Å². The molecule has 0 radical (unpaired) electrons. The average molecular weight is 381 g/mol. The summed E-state index contributed by atoms with van der Waals surface area (Å²) >= 11 is -0.962. The zero-order valence-corrected chi connectivity index (χ0v) is 16.0. The second-order valence-electron chi connectivity index (χ2n) is 7.00. The van der Waals surface area contributed by atoms with Gasteiger partial charge < -0.3 is 20.0 Å². The molecule has 3 aromatic rings. The number of hydrogen-bond donors (Lipinski definition) is 3. The Hall–Kier alpha value is -2.21. The molecule has 4 nitrogen and oxygen atoms in total. The average Bonchev–Trinajstić information content (AvgIpc) is 3.11. The lowest BCUT2D eigenvalue weighted by Crippen LogP contribution is -2.34. The van der Waals surface area contributed by atoms with Gasteiger partial charge >= 0.3 is 0 Å². The van der Waals surface area contributed by atoms with Gasteiger partial charge in [0.2, 0.25) is 0 Å². The van der Waals surface area contributed by atoms with E-state index in [-0.39, 0.29) is 5.75 Å². The molecule has 0 amide bonds. The lowest BCUT2D eigenvalue weighted by Gasteiger charge is -2.25. The van der Waals surface area contributed by atoms with Crippen molar-refractivity contribution >= 4 is 27.7 Å². The summed E-state index contributed by atoms with van der Waals surface area (Å²) in [6.45, 7) is 0.859. The van der Waals surface area contributed by atoms with Gasteiger partial charge in [0.25, 0.3) is 0 Å². The van der Waals surface area contributed by atoms with Crippen molar-refractivity contribution in [2.45, 2.75) is 24.6 Å². The fourth-order valence-corrected chi connectivity index (χ4v) is 5.00. The van der Waals surface area contributed by atoms with Crippen LogP contribution in [0.1, 0.15) is 24.0 Å². The van der Waals surface area contributed by atoms with Gasteiger partial charge in [0.15, 0.2) is 0 Å². The summed E-state index contributed by atoms with van der Waals surface area (Å²) in [6.07, 6.45) is 5.95. The summed E-state index contributed by atoms with van der Waals surface area (Å²) in [5, 5.41) is 14.4. The molecule has 2 aromatic carbocycles. The number of nitrogens with one attached hydrogen (secondary N) is 2. The Labute approximate surface area is 162 Å². The van der Waals surface area contributed by atoms with Gasteiger partial charge in [-0.25, -0.2) is 0 Å². The van der Waals surface area contributed by atoms with Crippen LogP contribution < -0.4 is 5.32 Å². The maximum Gasteiger partial charge on any atom is 0.132 e. The van der Waals surface area contributed by atoms with Gasteiger partial charge in [-0.15, -0.1) is 0 Å². The molecule has 1 aliphatic rings. The Bertz CT molecular complexity index is 936. The first-order valence-corrected chi connectivity index (χ1v) is 10.8. The van der Waals surface area contributed by atoms with Gasteiger partial charge in [0.1, 0.15) is 17.3 Å².